The molecule has 0 aromatic rings. The standard InChI is InChI=1S/C9H11ClO2/c1-3-5-6-8(4-2)9(11)12-7-10/h3-6H,2,7H2,1H3/b5-3-,8-6+. The number of rotatable bonds is 4. The summed E-state index contributed by atoms with van der Waals surface area (Å²) in [6, 6.07) is -0.139. The van der Waals surface area contributed by atoms with Gasteiger partial charge >= 0.3 is 5.97 Å². The van der Waals surface area contributed by atoms with E-state index in [1.807, 2.05) is 6.92 Å². The highest BCUT2D eigenvalue weighted by Gasteiger charge is 2.04. The summed E-state index contributed by atoms with van der Waals surface area (Å²) >= 11 is 5.21. The molecule has 0 aromatic carbocycles. The Balaban J connectivity index is 4.33. The van der Waals surface area contributed by atoms with Crippen LogP contribution in [0.2, 0.25) is 0 Å². The predicted molar refractivity (Wildman–Crippen MR) is 49.9 cm³/mol. The normalized spacial score (nSPS) is 11.7. The van der Waals surface area contributed by atoms with Crippen molar-refractivity contribution in [3.05, 3.63) is 36.5 Å². The van der Waals surface area contributed by atoms with Crippen LogP contribution in [-0.2, 0) is 9.53 Å². The first kappa shape index (κ1) is 11.0. The number of hydrogen-bond donors (Lipinski definition) is 0. The third-order valence-electron chi connectivity index (χ3n) is 1.11. The maximum Gasteiger partial charge on any atom is 0.339 e. The van der Waals surface area contributed by atoms with Gasteiger partial charge in [-0.25, -0.2) is 4.79 Å². The summed E-state index contributed by atoms with van der Waals surface area (Å²) in [5.41, 5.74) is 0.397. The van der Waals surface area contributed by atoms with Crippen molar-refractivity contribution in [3.8, 4) is 0 Å². The van der Waals surface area contributed by atoms with Crippen LogP contribution in [0.1, 0.15) is 6.92 Å². The van der Waals surface area contributed by atoms with Gasteiger partial charge in [0.2, 0.25) is 0 Å². The van der Waals surface area contributed by atoms with Crippen LogP contribution in [0.3, 0.4) is 0 Å². The molecule has 0 rings (SSSR count). The van der Waals surface area contributed by atoms with E-state index in [1.54, 1.807) is 18.2 Å². The van der Waals surface area contributed by atoms with Gasteiger partial charge in [-0.1, -0.05) is 36.4 Å². The monoisotopic (exact) mass is 186 g/mol. The Bertz CT molecular complexity index is 217. The van der Waals surface area contributed by atoms with Crippen LogP contribution < -0.4 is 0 Å². The van der Waals surface area contributed by atoms with Crippen LogP contribution >= 0.6 is 11.6 Å². The molecule has 0 amide bonds. The zero-order chi connectivity index (χ0) is 9.40. The fourth-order valence-corrected chi connectivity index (χ4v) is 0.651. The lowest BCUT2D eigenvalue weighted by Gasteiger charge is -1.98. The molecule has 0 unspecified atom stereocenters. The second-order valence-electron chi connectivity index (χ2n) is 1.89. The van der Waals surface area contributed by atoms with E-state index in [9.17, 15) is 4.79 Å². The summed E-state index contributed by atoms with van der Waals surface area (Å²) in [4.78, 5) is 11.0. The first-order chi connectivity index (χ1) is 5.76. The van der Waals surface area contributed by atoms with Gasteiger partial charge < -0.3 is 4.74 Å². The molecular weight excluding hydrogens is 176 g/mol. The lowest BCUT2D eigenvalue weighted by atomic mass is 10.2. The number of allylic oxidation sites excluding steroid dienone is 3. The van der Waals surface area contributed by atoms with Gasteiger partial charge in [0.15, 0.2) is 6.07 Å². The summed E-state index contributed by atoms with van der Waals surface area (Å²) in [5, 5.41) is 0. The van der Waals surface area contributed by atoms with E-state index < -0.39 is 5.97 Å². The summed E-state index contributed by atoms with van der Waals surface area (Å²) < 4.78 is 4.55. The Kier molecular flexibility index (Phi) is 6.11. The lowest BCUT2D eigenvalue weighted by Crippen LogP contribution is -2.04. The highest BCUT2D eigenvalue weighted by atomic mass is 35.5. The van der Waals surface area contributed by atoms with Crippen molar-refractivity contribution >= 4 is 17.6 Å². The molecule has 0 fully saturated rings. The van der Waals surface area contributed by atoms with Gasteiger partial charge in [0.1, 0.15) is 0 Å². The molecule has 0 saturated heterocycles. The molecule has 0 aromatic heterocycles. The van der Waals surface area contributed by atoms with Crippen molar-refractivity contribution in [1.82, 2.24) is 0 Å². The van der Waals surface area contributed by atoms with Crippen LogP contribution in [0.15, 0.2) is 36.5 Å². The van der Waals surface area contributed by atoms with Crippen LogP contribution in [0.25, 0.3) is 0 Å². The zero-order valence-corrected chi connectivity index (χ0v) is 7.67. The van der Waals surface area contributed by atoms with Crippen molar-refractivity contribution in [2.45, 2.75) is 6.92 Å². The second kappa shape index (κ2) is 6.68. The molecule has 12 heavy (non-hydrogen) atoms. The molecule has 0 heterocycles. The summed E-state index contributed by atoms with van der Waals surface area (Å²) in [7, 11) is 0. The first-order valence-electron chi connectivity index (χ1n) is 3.44. The Morgan fingerprint density at radius 1 is 1.67 bits per heavy atom. The van der Waals surface area contributed by atoms with Crippen LogP contribution in [0.4, 0.5) is 0 Å². The highest BCUT2D eigenvalue weighted by molar-refractivity contribution is 6.17. The van der Waals surface area contributed by atoms with Gasteiger partial charge in [0.25, 0.3) is 0 Å². The maximum atomic E-state index is 11.0. The third kappa shape index (κ3) is 3.98. The molecule has 3 heteroatoms. The average Bonchev–Trinajstić information content (AvgIpc) is 2.06. The summed E-state index contributed by atoms with van der Waals surface area (Å²) in [6.45, 7) is 5.32. The van der Waals surface area contributed by atoms with Crippen molar-refractivity contribution in [1.29, 1.82) is 0 Å². The molecule has 0 N–H and O–H groups in total. The minimum Gasteiger partial charge on any atom is -0.446 e. The second-order valence-corrected chi connectivity index (χ2v) is 2.11. The highest BCUT2D eigenvalue weighted by Crippen LogP contribution is 2.00. The summed E-state index contributed by atoms with van der Waals surface area (Å²) in [6.07, 6.45) is 6.57. The maximum absolute atomic E-state index is 11.0. The van der Waals surface area contributed by atoms with Crippen molar-refractivity contribution in [2.24, 2.45) is 0 Å². The van der Waals surface area contributed by atoms with Gasteiger partial charge in [-0.05, 0) is 13.0 Å². The molecule has 0 aliphatic rings. The van der Waals surface area contributed by atoms with Crippen molar-refractivity contribution < 1.29 is 9.53 Å². The van der Waals surface area contributed by atoms with Crippen LogP contribution in [0, 0.1) is 0 Å². The third-order valence-corrected chi connectivity index (χ3v) is 1.22. The SMILES string of the molecule is C=C/C(=C\C=C/C)C(=O)OCCl. The van der Waals surface area contributed by atoms with E-state index in [-0.39, 0.29) is 6.07 Å². The van der Waals surface area contributed by atoms with E-state index in [2.05, 4.69) is 11.3 Å². The molecule has 0 saturated carbocycles. The molecule has 0 aliphatic heterocycles. The topological polar surface area (TPSA) is 26.3 Å². The van der Waals surface area contributed by atoms with E-state index >= 15 is 0 Å². The van der Waals surface area contributed by atoms with Crippen LogP contribution in [0.5, 0.6) is 0 Å². The number of hydrogen-bond acceptors (Lipinski definition) is 2. The molecule has 0 spiro atoms. The zero-order valence-electron chi connectivity index (χ0n) is 6.92. The largest absolute Gasteiger partial charge is 0.446 e. The smallest absolute Gasteiger partial charge is 0.339 e. The lowest BCUT2D eigenvalue weighted by molar-refractivity contribution is -0.136. The fourth-order valence-electron chi connectivity index (χ4n) is 0.552. The predicted octanol–water partition coefficient (Wildman–Crippen LogP) is 2.41. The van der Waals surface area contributed by atoms with Gasteiger partial charge in [-0.2, -0.15) is 0 Å². The molecule has 2 nitrogen and oxygen atoms in total. The minimum absolute atomic E-state index is 0.139. The fraction of sp³-hybridized carbons (Fsp3) is 0.222. The molecule has 0 atom stereocenters. The number of halogens is 1. The Hall–Kier alpha value is -1.02. The number of esters is 1. The Morgan fingerprint density at radius 3 is 2.75 bits per heavy atom. The van der Waals surface area contributed by atoms with E-state index in [1.165, 1.54) is 6.08 Å². The first-order valence-corrected chi connectivity index (χ1v) is 3.98. The Labute approximate surface area is 77.2 Å². The van der Waals surface area contributed by atoms with Crippen molar-refractivity contribution in [2.75, 3.05) is 6.07 Å². The molecule has 66 valence electrons. The quantitative estimate of drug-likeness (QED) is 0.292. The van der Waals surface area contributed by atoms with Gasteiger partial charge in [-0.3, -0.25) is 0 Å². The number of alkyl halides is 1. The van der Waals surface area contributed by atoms with Crippen molar-refractivity contribution in [3.63, 3.8) is 0 Å². The van der Waals surface area contributed by atoms with Gasteiger partial charge in [-0.15, -0.1) is 0 Å². The van der Waals surface area contributed by atoms with E-state index in [4.69, 9.17) is 11.6 Å². The number of carbonyl (C=O) groups is 1. The number of carbonyl (C=O) groups excluding carboxylic acids is 1. The van der Waals surface area contributed by atoms with Gasteiger partial charge in [0.05, 0.1) is 5.57 Å². The Morgan fingerprint density at radius 2 is 2.33 bits per heavy atom. The average molecular weight is 187 g/mol. The van der Waals surface area contributed by atoms with E-state index in [0.717, 1.165) is 0 Å². The van der Waals surface area contributed by atoms with Gasteiger partial charge in [0, 0.05) is 0 Å². The molecule has 0 bridgehead atoms. The van der Waals surface area contributed by atoms with E-state index in [0.29, 0.717) is 5.57 Å². The molecule has 0 radical (unpaired) electrons. The number of ether oxygens (including phenoxy) is 1. The van der Waals surface area contributed by atoms with Crippen LogP contribution in [-0.4, -0.2) is 12.0 Å². The molecule has 0 aliphatic carbocycles. The summed E-state index contributed by atoms with van der Waals surface area (Å²) in [5.74, 6) is -0.460. The minimum atomic E-state index is -0.460. The molecular formula is C9H11ClO2.